The van der Waals surface area contributed by atoms with Gasteiger partial charge in [0.2, 0.25) is 0 Å². The monoisotopic (exact) mass is 274 g/mol. The van der Waals surface area contributed by atoms with Crippen molar-refractivity contribution in [2.24, 2.45) is 0 Å². The van der Waals surface area contributed by atoms with Gasteiger partial charge in [0.25, 0.3) is 0 Å². The molecule has 1 atom stereocenters. The Morgan fingerprint density at radius 3 is 2.61 bits per heavy atom. The molecule has 6 nitrogen and oxygen atoms in total. The number of carbonyl (C=O) groups is 1. The molecule has 2 bridgehead atoms. The van der Waals surface area contributed by atoms with Gasteiger partial charge in [0.15, 0.2) is 0 Å². The molecule has 0 aromatic rings. The van der Waals surface area contributed by atoms with Gasteiger partial charge in [-0.2, -0.15) is 0 Å². The van der Waals surface area contributed by atoms with Gasteiger partial charge in [-0.05, 0) is 6.92 Å². The number of carbonyl (C=O) groups excluding carboxylic acids is 1. The standard InChI is InChI=1S/C11H20NO5Si/c1-4-11(13)17-18-14-7-5-12(3,6-8-15-18)9-10(2)16-18/h4,10H,1,5-9H2,2-3H3/q+1. The van der Waals surface area contributed by atoms with Crippen molar-refractivity contribution in [1.29, 1.82) is 0 Å². The molecular formula is C11H20NO5Si+. The lowest BCUT2D eigenvalue weighted by Gasteiger charge is -2.43. The van der Waals surface area contributed by atoms with Crippen LogP contribution in [0.5, 0.6) is 0 Å². The highest BCUT2D eigenvalue weighted by atomic mass is 28.4. The van der Waals surface area contributed by atoms with Crippen LogP contribution in [-0.2, 0) is 22.5 Å². The van der Waals surface area contributed by atoms with E-state index in [-0.39, 0.29) is 6.10 Å². The van der Waals surface area contributed by atoms with Gasteiger partial charge in [0.05, 0.1) is 26.4 Å². The Kier molecular flexibility index (Phi) is 3.88. The number of hydrogen-bond donors (Lipinski definition) is 0. The van der Waals surface area contributed by atoms with Crippen molar-refractivity contribution >= 4 is 15.0 Å². The summed E-state index contributed by atoms with van der Waals surface area (Å²) in [6.07, 6.45) is 1.03. The van der Waals surface area contributed by atoms with E-state index in [4.69, 9.17) is 17.7 Å². The van der Waals surface area contributed by atoms with E-state index in [1.54, 1.807) is 0 Å². The fourth-order valence-corrected chi connectivity index (χ4v) is 4.30. The minimum absolute atomic E-state index is 0.0696. The zero-order chi connectivity index (χ0) is 13.2. The second kappa shape index (κ2) is 5.10. The Balaban J connectivity index is 2.19. The maximum Gasteiger partial charge on any atom is 0.752 e. The van der Waals surface area contributed by atoms with Crippen LogP contribution >= 0.6 is 0 Å². The highest BCUT2D eigenvalue weighted by Gasteiger charge is 2.55. The molecule has 3 saturated heterocycles. The van der Waals surface area contributed by atoms with Gasteiger partial charge in [-0.3, -0.25) is 0 Å². The number of likely N-dealkylation sites (N-methyl/N-ethyl adjacent to an activating group) is 1. The third-order valence-electron chi connectivity index (χ3n) is 3.26. The van der Waals surface area contributed by atoms with Gasteiger partial charge in [0, 0.05) is 6.08 Å². The molecule has 0 saturated carbocycles. The average Bonchev–Trinajstić information content (AvgIpc) is 2.24. The van der Waals surface area contributed by atoms with E-state index in [0.29, 0.717) is 13.2 Å². The Morgan fingerprint density at radius 2 is 2.06 bits per heavy atom. The fraction of sp³-hybridized carbons (Fsp3) is 0.727. The molecule has 0 amide bonds. The van der Waals surface area contributed by atoms with Crippen LogP contribution in [0.1, 0.15) is 6.92 Å². The average molecular weight is 274 g/mol. The van der Waals surface area contributed by atoms with Crippen molar-refractivity contribution in [3.63, 3.8) is 0 Å². The first-order chi connectivity index (χ1) is 8.47. The summed E-state index contributed by atoms with van der Waals surface area (Å²) >= 11 is 0. The summed E-state index contributed by atoms with van der Waals surface area (Å²) in [5.41, 5.74) is 0. The molecule has 18 heavy (non-hydrogen) atoms. The van der Waals surface area contributed by atoms with Crippen LogP contribution in [0.3, 0.4) is 0 Å². The summed E-state index contributed by atoms with van der Waals surface area (Å²) in [5.74, 6) is -0.563. The molecule has 102 valence electrons. The van der Waals surface area contributed by atoms with Gasteiger partial charge < -0.3 is 22.2 Å². The lowest BCUT2D eigenvalue weighted by Crippen LogP contribution is -2.64. The minimum atomic E-state index is -3.34. The molecule has 3 aliphatic heterocycles. The number of nitrogens with zero attached hydrogens (tertiary/aromatic N) is 1. The van der Waals surface area contributed by atoms with Crippen LogP contribution in [0.15, 0.2) is 12.7 Å². The predicted octanol–water partition coefficient (Wildman–Crippen LogP) is 0.0633. The first kappa shape index (κ1) is 13.7. The van der Waals surface area contributed by atoms with Gasteiger partial charge in [0.1, 0.15) is 19.6 Å². The van der Waals surface area contributed by atoms with Gasteiger partial charge in [-0.25, -0.2) is 4.79 Å². The van der Waals surface area contributed by atoms with E-state index in [2.05, 4.69) is 13.6 Å². The molecule has 3 rings (SSSR count). The molecule has 0 spiro atoms. The smallest absolute Gasteiger partial charge is 0.449 e. The lowest BCUT2D eigenvalue weighted by molar-refractivity contribution is -0.914. The van der Waals surface area contributed by atoms with Gasteiger partial charge in [-0.15, -0.1) is 0 Å². The summed E-state index contributed by atoms with van der Waals surface area (Å²) in [4.78, 5) is 11.4. The van der Waals surface area contributed by atoms with Gasteiger partial charge in [-0.1, -0.05) is 6.58 Å². The highest BCUT2D eigenvalue weighted by molar-refractivity contribution is 6.55. The number of hydrogen-bond acceptors (Lipinski definition) is 5. The van der Waals surface area contributed by atoms with Crippen molar-refractivity contribution < 1.29 is 27.0 Å². The normalized spacial score (nSPS) is 40.4. The summed E-state index contributed by atoms with van der Waals surface area (Å²) in [6.45, 7) is 8.88. The Labute approximate surface area is 108 Å². The Morgan fingerprint density at radius 1 is 1.44 bits per heavy atom. The number of rotatable bonds is 2. The van der Waals surface area contributed by atoms with Crippen LogP contribution in [0.4, 0.5) is 0 Å². The fourth-order valence-electron chi connectivity index (χ4n) is 2.34. The van der Waals surface area contributed by atoms with Crippen LogP contribution in [0.25, 0.3) is 0 Å². The van der Waals surface area contributed by atoms with Crippen molar-refractivity contribution in [1.82, 2.24) is 0 Å². The second-order valence-corrected chi connectivity index (χ2v) is 7.02. The largest absolute Gasteiger partial charge is 0.752 e. The first-order valence-electron chi connectivity index (χ1n) is 6.12. The third-order valence-corrected chi connectivity index (χ3v) is 5.51. The van der Waals surface area contributed by atoms with Crippen LogP contribution in [-0.4, -0.2) is 65.5 Å². The zero-order valence-electron chi connectivity index (χ0n) is 10.9. The maximum absolute atomic E-state index is 11.4. The zero-order valence-corrected chi connectivity index (χ0v) is 11.9. The Bertz CT molecular complexity index is 338. The Hall–Kier alpha value is -0.733. The summed E-state index contributed by atoms with van der Waals surface area (Å²) in [6, 6.07) is 0. The summed E-state index contributed by atoms with van der Waals surface area (Å²) < 4.78 is 23.1. The van der Waals surface area contributed by atoms with Crippen molar-refractivity contribution in [3.05, 3.63) is 12.7 Å². The third kappa shape index (κ3) is 2.98. The number of fused-ring (bicyclic) bond motifs is 6. The van der Waals surface area contributed by atoms with E-state index >= 15 is 0 Å². The maximum atomic E-state index is 11.4. The molecule has 3 heterocycles. The quantitative estimate of drug-likeness (QED) is 0.405. The molecule has 1 unspecified atom stereocenters. The summed E-state index contributed by atoms with van der Waals surface area (Å²) in [7, 11) is -1.18. The molecule has 0 aliphatic carbocycles. The van der Waals surface area contributed by atoms with Gasteiger partial charge >= 0.3 is 15.0 Å². The van der Waals surface area contributed by atoms with E-state index < -0.39 is 15.0 Å². The molecular weight excluding hydrogens is 254 g/mol. The molecule has 3 fully saturated rings. The predicted molar refractivity (Wildman–Crippen MR) is 65.3 cm³/mol. The van der Waals surface area contributed by atoms with Crippen LogP contribution < -0.4 is 0 Å². The van der Waals surface area contributed by atoms with E-state index in [0.717, 1.165) is 30.2 Å². The van der Waals surface area contributed by atoms with E-state index in [9.17, 15) is 4.79 Å². The van der Waals surface area contributed by atoms with Crippen LogP contribution in [0.2, 0.25) is 0 Å². The molecule has 0 aromatic carbocycles. The van der Waals surface area contributed by atoms with Crippen molar-refractivity contribution in [3.8, 4) is 0 Å². The van der Waals surface area contributed by atoms with E-state index in [1.165, 1.54) is 0 Å². The minimum Gasteiger partial charge on any atom is -0.449 e. The second-order valence-electron chi connectivity index (χ2n) is 5.00. The molecule has 0 radical (unpaired) electrons. The van der Waals surface area contributed by atoms with E-state index in [1.807, 2.05) is 6.92 Å². The summed E-state index contributed by atoms with van der Waals surface area (Å²) in [5, 5.41) is 0. The first-order valence-corrected chi connectivity index (χ1v) is 7.75. The molecule has 0 aromatic heterocycles. The SMILES string of the molecule is C=CC(=O)O[Si]12OCC[N+](C)(CCO1)CC(C)O2. The molecule has 0 N–H and O–H groups in total. The van der Waals surface area contributed by atoms with Crippen molar-refractivity contribution in [2.45, 2.75) is 13.0 Å². The molecule has 3 aliphatic rings. The molecule has 7 heteroatoms. The number of quaternary nitrogens is 1. The topological polar surface area (TPSA) is 54.0 Å². The lowest BCUT2D eigenvalue weighted by atomic mass is 10.3. The van der Waals surface area contributed by atoms with Crippen molar-refractivity contribution in [2.75, 3.05) is 39.9 Å². The van der Waals surface area contributed by atoms with Crippen LogP contribution in [0, 0.1) is 0 Å². The highest BCUT2D eigenvalue weighted by Crippen LogP contribution is 2.23.